The molecule has 1 N–H and O–H groups in total. The second-order valence-corrected chi connectivity index (χ2v) is 4.90. The van der Waals surface area contributed by atoms with E-state index in [1.54, 1.807) is 0 Å². The number of hydrogen-bond donors (Lipinski definition) is 1. The fourth-order valence-corrected chi connectivity index (χ4v) is 2.37. The molecular weight excluding hydrogens is 264 g/mol. The first kappa shape index (κ1) is 14.3. The fourth-order valence-electron chi connectivity index (χ4n) is 2.37. The molecule has 0 spiro atoms. The van der Waals surface area contributed by atoms with E-state index in [0.29, 0.717) is 13.1 Å². The summed E-state index contributed by atoms with van der Waals surface area (Å²) in [7, 11) is 0. The molecule has 7 heteroatoms. The zero-order valence-electron chi connectivity index (χ0n) is 11.3. The molecule has 1 aliphatic rings. The Balaban J connectivity index is 2.29. The van der Waals surface area contributed by atoms with Crippen molar-refractivity contribution in [3.05, 3.63) is 33.9 Å². The van der Waals surface area contributed by atoms with Crippen LogP contribution in [0.5, 0.6) is 5.75 Å². The molecule has 0 aliphatic carbocycles. The van der Waals surface area contributed by atoms with E-state index in [4.69, 9.17) is 4.74 Å². The van der Waals surface area contributed by atoms with Crippen LogP contribution in [0.1, 0.15) is 24.2 Å². The number of morpholine rings is 1. The minimum absolute atomic E-state index is 0.0551. The second kappa shape index (κ2) is 5.46. The third kappa shape index (κ3) is 2.72. The lowest BCUT2D eigenvalue weighted by atomic mass is 10.1. The number of aromatic hydroxyl groups is 1. The number of carbonyl (C=O) groups is 1. The van der Waals surface area contributed by atoms with Crippen molar-refractivity contribution < 1.29 is 19.6 Å². The summed E-state index contributed by atoms with van der Waals surface area (Å²) >= 11 is 0. The monoisotopic (exact) mass is 280 g/mol. The van der Waals surface area contributed by atoms with Gasteiger partial charge in [-0.3, -0.25) is 14.9 Å². The van der Waals surface area contributed by atoms with Gasteiger partial charge >= 0.3 is 5.69 Å². The van der Waals surface area contributed by atoms with Crippen molar-refractivity contribution in [2.45, 2.75) is 26.1 Å². The molecule has 1 heterocycles. The molecule has 0 saturated carbocycles. The number of ether oxygens (including phenoxy) is 1. The predicted octanol–water partition coefficient (Wildman–Crippen LogP) is 1.55. The van der Waals surface area contributed by atoms with Gasteiger partial charge in [-0.1, -0.05) is 6.07 Å². The molecule has 20 heavy (non-hydrogen) atoms. The van der Waals surface area contributed by atoms with Crippen LogP contribution in [0.4, 0.5) is 5.69 Å². The van der Waals surface area contributed by atoms with Gasteiger partial charge in [-0.15, -0.1) is 0 Å². The summed E-state index contributed by atoms with van der Waals surface area (Å²) in [6, 6.07) is 3.94. The van der Waals surface area contributed by atoms with Gasteiger partial charge in [0.2, 0.25) is 5.75 Å². The van der Waals surface area contributed by atoms with Crippen LogP contribution >= 0.6 is 0 Å². The Morgan fingerprint density at radius 1 is 1.40 bits per heavy atom. The summed E-state index contributed by atoms with van der Waals surface area (Å²) in [6.45, 7) is 4.49. The highest BCUT2D eigenvalue weighted by Gasteiger charge is 2.29. The average molecular weight is 280 g/mol. The van der Waals surface area contributed by atoms with E-state index >= 15 is 0 Å². The highest BCUT2D eigenvalue weighted by Crippen LogP contribution is 2.30. The Hall–Kier alpha value is -2.15. The van der Waals surface area contributed by atoms with Gasteiger partial charge in [0, 0.05) is 19.2 Å². The fraction of sp³-hybridized carbons (Fsp3) is 0.462. The van der Waals surface area contributed by atoms with E-state index in [2.05, 4.69) is 0 Å². The van der Waals surface area contributed by atoms with E-state index in [9.17, 15) is 20.0 Å². The molecule has 1 aliphatic heterocycles. The lowest BCUT2D eigenvalue weighted by molar-refractivity contribution is -0.385. The average Bonchev–Trinajstić information content (AvgIpc) is 2.36. The second-order valence-electron chi connectivity index (χ2n) is 4.90. The molecule has 1 aromatic rings. The number of amides is 1. The zero-order valence-corrected chi connectivity index (χ0v) is 11.3. The van der Waals surface area contributed by atoms with Gasteiger partial charge in [-0.25, -0.2) is 0 Å². The Morgan fingerprint density at radius 3 is 2.55 bits per heavy atom. The first-order valence-corrected chi connectivity index (χ1v) is 6.31. The number of benzene rings is 1. The van der Waals surface area contributed by atoms with Crippen LogP contribution in [0.15, 0.2) is 18.2 Å². The molecule has 2 rings (SSSR count). The first-order valence-electron chi connectivity index (χ1n) is 6.31. The number of rotatable bonds is 2. The molecule has 7 nitrogen and oxygen atoms in total. The smallest absolute Gasteiger partial charge is 0.311 e. The van der Waals surface area contributed by atoms with Crippen LogP contribution in [0.2, 0.25) is 0 Å². The Kier molecular flexibility index (Phi) is 3.89. The number of nitro groups is 1. The summed E-state index contributed by atoms with van der Waals surface area (Å²) in [5.41, 5.74) is -0.522. The number of phenolic OH excluding ortho intramolecular Hbond substituents is 1. The summed E-state index contributed by atoms with van der Waals surface area (Å²) in [5.74, 6) is -1.01. The van der Waals surface area contributed by atoms with E-state index in [1.165, 1.54) is 17.0 Å². The summed E-state index contributed by atoms with van der Waals surface area (Å²) < 4.78 is 5.53. The molecule has 1 fully saturated rings. The lowest BCUT2D eigenvalue weighted by Crippen LogP contribution is -2.48. The van der Waals surface area contributed by atoms with Crippen LogP contribution in [0, 0.1) is 10.1 Å². The van der Waals surface area contributed by atoms with Gasteiger partial charge in [-0.05, 0) is 19.9 Å². The van der Waals surface area contributed by atoms with Crippen LogP contribution in [-0.4, -0.2) is 46.1 Å². The van der Waals surface area contributed by atoms with Gasteiger partial charge in [-0.2, -0.15) is 0 Å². The van der Waals surface area contributed by atoms with E-state index in [-0.39, 0.29) is 17.8 Å². The van der Waals surface area contributed by atoms with Crippen LogP contribution in [-0.2, 0) is 4.74 Å². The van der Waals surface area contributed by atoms with Gasteiger partial charge in [0.15, 0.2) is 0 Å². The third-order valence-corrected chi connectivity index (χ3v) is 3.15. The first-order chi connectivity index (χ1) is 9.40. The molecule has 1 aromatic carbocycles. The number of phenols is 1. The van der Waals surface area contributed by atoms with Crippen molar-refractivity contribution in [1.82, 2.24) is 4.90 Å². The largest absolute Gasteiger partial charge is 0.502 e. The minimum atomic E-state index is -0.712. The molecule has 2 atom stereocenters. The van der Waals surface area contributed by atoms with Crippen molar-refractivity contribution in [1.29, 1.82) is 0 Å². The van der Waals surface area contributed by atoms with Crippen molar-refractivity contribution in [3.8, 4) is 5.75 Å². The molecule has 0 unspecified atom stereocenters. The van der Waals surface area contributed by atoms with Crippen LogP contribution < -0.4 is 0 Å². The normalized spacial score (nSPS) is 22.6. The molecule has 0 aromatic heterocycles. The number of hydrogen-bond acceptors (Lipinski definition) is 5. The topological polar surface area (TPSA) is 92.9 Å². The molecule has 108 valence electrons. The van der Waals surface area contributed by atoms with Crippen LogP contribution in [0.3, 0.4) is 0 Å². The van der Waals surface area contributed by atoms with Gasteiger partial charge in [0.25, 0.3) is 5.91 Å². The Labute approximate surface area is 115 Å². The number of nitro benzene ring substituents is 1. The van der Waals surface area contributed by atoms with Gasteiger partial charge in [0.05, 0.1) is 22.7 Å². The highest BCUT2D eigenvalue weighted by molar-refractivity contribution is 5.98. The van der Waals surface area contributed by atoms with Crippen LogP contribution in [0.25, 0.3) is 0 Å². The lowest BCUT2D eigenvalue weighted by Gasteiger charge is -2.35. The van der Waals surface area contributed by atoms with E-state index in [1.807, 2.05) is 13.8 Å². The molecule has 1 saturated heterocycles. The SMILES string of the molecule is C[C@H]1CN(C(=O)c2cccc([N+](=O)[O-])c2O)C[C@H](C)O1. The van der Waals surface area contributed by atoms with Crippen molar-refractivity contribution in [2.24, 2.45) is 0 Å². The summed E-state index contributed by atoms with van der Waals surface area (Å²) in [5, 5.41) is 20.6. The van der Waals surface area contributed by atoms with Crippen molar-refractivity contribution in [2.75, 3.05) is 13.1 Å². The van der Waals surface area contributed by atoms with E-state index in [0.717, 1.165) is 6.07 Å². The molecule has 0 radical (unpaired) electrons. The highest BCUT2D eigenvalue weighted by atomic mass is 16.6. The molecule has 1 amide bonds. The van der Waals surface area contributed by atoms with Gasteiger partial charge < -0.3 is 14.7 Å². The van der Waals surface area contributed by atoms with Crippen molar-refractivity contribution in [3.63, 3.8) is 0 Å². The predicted molar refractivity (Wildman–Crippen MR) is 70.7 cm³/mol. The summed E-state index contributed by atoms with van der Waals surface area (Å²) in [4.78, 5) is 24.0. The maximum Gasteiger partial charge on any atom is 0.311 e. The van der Waals surface area contributed by atoms with Crippen molar-refractivity contribution >= 4 is 11.6 Å². The maximum atomic E-state index is 12.4. The Bertz CT molecular complexity index is 536. The van der Waals surface area contributed by atoms with Gasteiger partial charge in [0.1, 0.15) is 0 Å². The third-order valence-electron chi connectivity index (χ3n) is 3.15. The number of nitrogens with zero attached hydrogens (tertiary/aromatic N) is 2. The quantitative estimate of drug-likeness (QED) is 0.655. The standard InChI is InChI=1S/C13H16N2O5/c1-8-6-14(7-9(2)20-8)13(17)10-4-3-5-11(12(10)16)15(18)19/h3-5,8-9,16H,6-7H2,1-2H3/t8-,9-/m0/s1. The summed E-state index contributed by atoms with van der Waals surface area (Å²) in [6.07, 6.45) is -0.216. The number of carbonyl (C=O) groups excluding carboxylic acids is 1. The minimum Gasteiger partial charge on any atom is -0.502 e. The molecule has 0 bridgehead atoms. The number of para-hydroxylation sites is 1. The maximum absolute atomic E-state index is 12.4. The zero-order chi connectivity index (χ0) is 14.9. The van der Waals surface area contributed by atoms with E-state index < -0.39 is 22.3 Å². The Morgan fingerprint density at radius 2 is 2.00 bits per heavy atom. The molecular formula is C13H16N2O5.